The summed E-state index contributed by atoms with van der Waals surface area (Å²) in [5.41, 5.74) is 0.449. The standard InChI is InChI=1S/C16H21NO4/c1-3-16(15(20)21)6-8-17(9-7-16)14(19)12-5-4-11(2)10-13(12)18/h4-5,10,18H,3,6-9H2,1-2H3,(H,20,21). The Morgan fingerprint density at radius 3 is 2.38 bits per heavy atom. The molecule has 1 amide bonds. The minimum atomic E-state index is -0.782. The van der Waals surface area contributed by atoms with Crippen LogP contribution in [0.25, 0.3) is 0 Å². The first kappa shape index (κ1) is 15.4. The number of hydrogen-bond acceptors (Lipinski definition) is 3. The Hall–Kier alpha value is -2.04. The van der Waals surface area contributed by atoms with Crippen molar-refractivity contribution in [1.29, 1.82) is 0 Å². The summed E-state index contributed by atoms with van der Waals surface area (Å²) in [5.74, 6) is -1.04. The van der Waals surface area contributed by atoms with E-state index in [2.05, 4.69) is 0 Å². The molecule has 1 aliphatic heterocycles. The number of aromatic hydroxyl groups is 1. The lowest BCUT2D eigenvalue weighted by Gasteiger charge is -2.38. The maximum absolute atomic E-state index is 12.4. The van der Waals surface area contributed by atoms with Crippen LogP contribution in [0, 0.1) is 12.3 Å². The molecule has 21 heavy (non-hydrogen) atoms. The summed E-state index contributed by atoms with van der Waals surface area (Å²) < 4.78 is 0. The van der Waals surface area contributed by atoms with Crippen molar-refractivity contribution in [3.63, 3.8) is 0 Å². The van der Waals surface area contributed by atoms with Crippen LogP contribution < -0.4 is 0 Å². The lowest BCUT2D eigenvalue weighted by molar-refractivity contribution is -0.152. The summed E-state index contributed by atoms with van der Waals surface area (Å²) >= 11 is 0. The number of carbonyl (C=O) groups excluding carboxylic acids is 1. The van der Waals surface area contributed by atoms with Gasteiger partial charge in [0.25, 0.3) is 5.91 Å². The van der Waals surface area contributed by atoms with E-state index in [4.69, 9.17) is 0 Å². The topological polar surface area (TPSA) is 77.8 Å². The van der Waals surface area contributed by atoms with Gasteiger partial charge in [0.2, 0.25) is 0 Å². The van der Waals surface area contributed by atoms with Crippen LogP contribution in [0.1, 0.15) is 42.1 Å². The number of carboxylic acids is 1. The van der Waals surface area contributed by atoms with Gasteiger partial charge in [-0.25, -0.2) is 0 Å². The van der Waals surface area contributed by atoms with Gasteiger partial charge in [-0.05, 0) is 43.9 Å². The highest BCUT2D eigenvalue weighted by atomic mass is 16.4. The minimum Gasteiger partial charge on any atom is -0.507 e. The summed E-state index contributed by atoms with van der Waals surface area (Å²) in [7, 11) is 0. The van der Waals surface area contributed by atoms with E-state index < -0.39 is 11.4 Å². The first-order valence-electron chi connectivity index (χ1n) is 7.22. The van der Waals surface area contributed by atoms with Gasteiger partial charge in [-0.15, -0.1) is 0 Å². The number of piperidine rings is 1. The molecule has 0 radical (unpaired) electrons. The third kappa shape index (κ3) is 2.86. The Balaban J connectivity index is 2.12. The van der Waals surface area contributed by atoms with Gasteiger partial charge in [0, 0.05) is 13.1 Å². The Morgan fingerprint density at radius 1 is 1.29 bits per heavy atom. The van der Waals surface area contributed by atoms with Crippen LogP contribution >= 0.6 is 0 Å². The number of aryl methyl sites for hydroxylation is 1. The summed E-state index contributed by atoms with van der Waals surface area (Å²) in [6, 6.07) is 4.96. The molecule has 2 N–H and O–H groups in total. The number of carboxylic acid groups (broad SMARTS) is 1. The van der Waals surface area contributed by atoms with Crippen LogP contribution in [0.5, 0.6) is 5.75 Å². The van der Waals surface area contributed by atoms with Crippen LogP contribution in [-0.2, 0) is 4.79 Å². The molecular formula is C16H21NO4. The number of hydrogen-bond donors (Lipinski definition) is 2. The molecule has 1 aromatic carbocycles. The Bertz CT molecular complexity index is 559. The highest BCUT2D eigenvalue weighted by molar-refractivity contribution is 5.97. The molecule has 0 unspecified atom stereocenters. The fraction of sp³-hybridized carbons (Fsp3) is 0.500. The summed E-state index contributed by atoms with van der Waals surface area (Å²) in [5, 5.41) is 19.2. The minimum absolute atomic E-state index is 0.0226. The number of nitrogens with zero attached hydrogens (tertiary/aromatic N) is 1. The second-order valence-corrected chi connectivity index (χ2v) is 5.75. The average Bonchev–Trinajstić information content (AvgIpc) is 2.46. The van der Waals surface area contributed by atoms with Gasteiger partial charge in [-0.2, -0.15) is 0 Å². The lowest BCUT2D eigenvalue weighted by atomic mass is 9.76. The third-order valence-electron chi connectivity index (χ3n) is 4.52. The second kappa shape index (κ2) is 5.76. The highest BCUT2D eigenvalue weighted by Gasteiger charge is 2.41. The molecule has 1 saturated heterocycles. The molecule has 0 atom stereocenters. The average molecular weight is 291 g/mol. The fourth-order valence-electron chi connectivity index (χ4n) is 2.85. The highest BCUT2D eigenvalue weighted by Crippen LogP contribution is 2.36. The van der Waals surface area contributed by atoms with Gasteiger partial charge < -0.3 is 15.1 Å². The van der Waals surface area contributed by atoms with Crippen molar-refractivity contribution in [2.75, 3.05) is 13.1 Å². The predicted octanol–water partition coefficient (Wildman–Crippen LogP) is 2.42. The van der Waals surface area contributed by atoms with Crippen LogP contribution in [0.4, 0.5) is 0 Å². The van der Waals surface area contributed by atoms with Gasteiger partial charge in [0.15, 0.2) is 0 Å². The number of phenols is 1. The van der Waals surface area contributed by atoms with Crippen LogP contribution in [0.15, 0.2) is 18.2 Å². The SMILES string of the molecule is CCC1(C(=O)O)CCN(C(=O)c2ccc(C)cc2O)CC1. The van der Waals surface area contributed by atoms with Gasteiger partial charge >= 0.3 is 5.97 Å². The molecule has 5 nitrogen and oxygen atoms in total. The monoisotopic (exact) mass is 291 g/mol. The molecule has 114 valence electrons. The second-order valence-electron chi connectivity index (χ2n) is 5.75. The van der Waals surface area contributed by atoms with E-state index in [1.54, 1.807) is 23.1 Å². The smallest absolute Gasteiger partial charge is 0.309 e. The molecule has 0 aromatic heterocycles. The van der Waals surface area contributed by atoms with Crippen molar-refractivity contribution in [2.24, 2.45) is 5.41 Å². The Labute approximate surface area is 124 Å². The number of phenolic OH excluding ortho intramolecular Hbond substituents is 1. The zero-order valence-electron chi connectivity index (χ0n) is 12.4. The Morgan fingerprint density at radius 2 is 1.90 bits per heavy atom. The number of amides is 1. The predicted molar refractivity (Wildman–Crippen MR) is 78.3 cm³/mol. The molecule has 0 aliphatic carbocycles. The largest absolute Gasteiger partial charge is 0.507 e. The van der Waals surface area contributed by atoms with E-state index in [0.29, 0.717) is 32.4 Å². The van der Waals surface area contributed by atoms with Crippen LogP contribution in [0.3, 0.4) is 0 Å². The molecule has 2 rings (SSSR count). The molecule has 1 fully saturated rings. The van der Waals surface area contributed by atoms with E-state index in [9.17, 15) is 19.8 Å². The quantitative estimate of drug-likeness (QED) is 0.896. The Kier molecular flexibility index (Phi) is 4.21. The normalized spacial score (nSPS) is 17.5. The number of rotatable bonds is 3. The van der Waals surface area contributed by atoms with Crippen molar-refractivity contribution in [3.05, 3.63) is 29.3 Å². The maximum atomic E-state index is 12.4. The third-order valence-corrected chi connectivity index (χ3v) is 4.52. The molecule has 1 aliphatic rings. The van der Waals surface area contributed by atoms with Crippen molar-refractivity contribution >= 4 is 11.9 Å². The summed E-state index contributed by atoms with van der Waals surface area (Å²) in [4.78, 5) is 25.4. The van der Waals surface area contributed by atoms with Crippen LogP contribution in [0.2, 0.25) is 0 Å². The van der Waals surface area contributed by atoms with E-state index in [0.717, 1.165) is 5.56 Å². The van der Waals surface area contributed by atoms with E-state index in [-0.39, 0.29) is 17.2 Å². The van der Waals surface area contributed by atoms with Crippen molar-refractivity contribution in [3.8, 4) is 5.75 Å². The number of likely N-dealkylation sites (tertiary alicyclic amines) is 1. The molecule has 0 bridgehead atoms. The van der Waals surface area contributed by atoms with E-state index >= 15 is 0 Å². The fourth-order valence-corrected chi connectivity index (χ4v) is 2.85. The van der Waals surface area contributed by atoms with Gasteiger partial charge in [-0.3, -0.25) is 9.59 Å². The molecule has 0 spiro atoms. The molecule has 0 saturated carbocycles. The van der Waals surface area contributed by atoms with Crippen molar-refractivity contribution in [1.82, 2.24) is 4.90 Å². The van der Waals surface area contributed by atoms with Gasteiger partial charge in [0.05, 0.1) is 11.0 Å². The zero-order chi connectivity index (χ0) is 15.6. The van der Waals surface area contributed by atoms with Crippen molar-refractivity contribution < 1.29 is 19.8 Å². The summed E-state index contributed by atoms with van der Waals surface area (Å²) in [6.45, 7) is 4.54. The maximum Gasteiger partial charge on any atom is 0.309 e. The zero-order valence-corrected chi connectivity index (χ0v) is 12.4. The number of aliphatic carboxylic acids is 1. The molecule has 5 heteroatoms. The first-order valence-corrected chi connectivity index (χ1v) is 7.22. The van der Waals surface area contributed by atoms with Crippen molar-refractivity contribution in [2.45, 2.75) is 33.1 Å². The van der Waals surface area contributed by atoms with Gasteiger partial charge in [0.1, 0.15) is 5.75 Å². The number of carbonyl (C=O) groups is 2. The number of benzene rings is 1. The van der Waals surface area contributed by atoms with E-state index in [1.165, 1.54) is 0 Å². The molecule has 1 aromatic rings. The lowest BCUT2D eigenvalue weighted by Crippen LogP contribution is -2.46. The van der Waals surface area contributed by atoms with E-state index in [1.807, 2.05) is 13.8 Å². The van der Waals surface area contributed by atoms with Crippen LogP contribution in [-0.4, -0.2) is 40.1 Å². The molecule has 1 heterocycles. The first-order chi connectivity index (χ1) is 9.89. The summed E-state index contributed by atoms with van der Waals surface area (Å²) in [6.07, 6.45) is 1.48. The molecular weight excluding hydrogens is 270 g/mol. The van der Waals surface area contributed by atoms with Gasteiger partial charge in [-0.1, -0.05) is 13.0 Å².